The molecular formula is C23H27FN4. The molecule has 0 spiro atoms. The molecule has 1 fully saturated rings. The summed E-state index contributed by atoms with van der Waals surface area (Å²) in [5, 5.41) is 8.99. The first-order chi connectivity index (χ1) is 13.3. The van der Waals surface area contributed by atoms with Gasteiger partial charge in [0, 0.05) is 25.0 Å². The van der Waals surface area contributed by atoms with E-state index >= 15 is 0 Å². The molecule has 5 heteroatoms. The highest BCUT2D eigenvalue weighted by Crippen LogP contribution is 2.34. The minimum atomic E-state index is -0.272. The number of pyridine rings is 1. The fourth-order valence-electron chi connectivity index (χ4n) is 3.48. The van der Waals surface area contributed by atoms with Crippen LogP contribution in [0.3, 0.4) is 0 Å². The number of likely N-dealkylation sites (tertiary alicyclic amines) is 1. The first-order valence-electron chi connectivity index (χ1n) is 9.62. The topological polar surface area (TPSA) is 43.2 Å². The van der Waals surface area contributed by atoms with E-state index in [0.29, 0.717) is 17.5 Å². The fourth-order valence-corrected chi connectivity index (χ4v) is 3.48. The van der Waals surface area contributed by atoms with Gasteiger partial charge < -0.3 is 9.80 Å². The predicted molar refractivity (Wildman–Crippen MR) is 110 cm³/mol. The minimum absolute atomic E-state index is 0.272. The molecule has 1 aromatic heterocycles. The van der Waals surface area contributed by atoms with Crippen molar-refractivity contribution in [2.45, 2.75) is 40.2 Å². The number of hydrogen-bond acceptors (Lipinski definition) is 4. The van der Waals surface area contributed by atoms with E-state index in [4.69, 9.17) is 5.26 Å². The fraction of sp³-hybridized carbons (Fsp3) is 0.391. The molecule has 0 aliphatic carbocycles. The minimum Gasteiger partial charge on any atom is -0.358 e. The van der Waals surface area contributed by atoms with Gasteiger partial charge in [0.15, 0.2) is 0 Å². The molecule has 28 heavy (non-hydrogen) atoms. The van der Waals surface area contributed by atoms with Crippen molar-refractivity contribution >= 4 is 5.69 Å². The van der Waals surface area contributed by atoms with Crippen molar-refractivity contribution in [3.63, 3.8) is 0 Å². The van der Waals surface area contributed by atoms with Gasteiger partial charge in [-0.05, 0) is 55.0 Å². The van der Waals surface area contributed by atoms with Crippen molar-refractivity contribution in [1.82, 2.24) is 9.88 Å². The number of aromatic nitrogens is 1. The number of rotatable bonds is 5. The average molecular weight is 378 g/mol. The van der Waals surface area contributed by atoms with E-state index in [1.54, 1.807) is 24.4 Å². The molecule has 0 saturated carbocycles. The Morgan fingerprint density at radius 3 is 2.61 bits per heavy atom. The Morgan fingerprint density at radius 1 is 1.29 bits per heavy atom. The molecule has 0 radical (unpaired) electrons. The average Bonchev–Trinajstić information content (AvgIpc) is 2.68. The Kier molecular flexibility index (Phi) is 5.69. The van der Waals surface area contributed by atoms with Gasteiger partial charge in [0.2, 0.25) is 0 Å². The third kappa shape index (κ3) is 4.51. The van der Waals surface area contributed by atoms with E-state index in [0.717, 1.165) is 48.7 Å². The van der Waals surface area contributed by atoms with Gasteiger partial charge in [-0.15, -0.1) is 0 Å². The number of benzene rings is 1. The molecule has 0 amide bonds. The molecule has 3 rings (SSSR count). The second-order valence-electron chi connectivity index (χ2n) is 8.23. The van der Waals surface area contributed by atoms with Gasteiger partial charge in [-0.1, -0.05) is 26.5 Å². The molecule has 146 valence electrons. The van der Waals surface area contributed by atoms with Crippen LogP contribution in [0.25, 0.3) is 0 Å². The number of anilines is 1. The molecule has 2 aromatic rings. The molecule has 0 N–H and O–H groups in total. The largest absolute Gasteiger partial charge is 0.358 e. The number of hydrogen-bond donors (Lipinski definition) is 0. The number of halogens is 1. The van der Waals surface area contributed by atoms with Crippen LogP contribution >= 0.6 is 0 Å². The van der Waals surface area contributed by atoms with Crippen molar-refractivity contribution in [2.24, 2.45) is 5.41 Å². The Labute approximate surface area is 166 Å². The van der Waals surface area contributed by atoms with E-state index in [1.807, 2.05) is 17.9 Å². The lowest BCUT2D eigenvalue weighted by Gasteiger charge is -2.42. The standard InChI is InChI=1S/C23H27FN4/c1-17-5-7-20(24)13-22(17)28(16-21-8-6-19(14-25)15-26-21)18(2)27-11-9-23(3,4)10-12-27/h5-8,13,15H,2,9-12,16H2,1,3-4H3. The third-order valence-corrected chi connectivity index (χ3v) is 5.53. The van der Waals surface area contributed by atoms with E-state index in [2.05, 4.69) is 36.4 Å². The van der Waals surface area contributed by atoms with Crippen LogP contribution in [0.1, 0.15) is 43.5 Å². The third-order valence-electron chi connectivity index (χ3n) is 5.53. The summed E-state index contributed by atoms with van der Waals surface area (Å²) in [4.78, 5) is 8.71. The van der Waals surface area contributed by atoms with Gasteiger partial charge in [0.1, 0.15) is 17.7 Å². The normalized spacial score (nSPS) is 15.8. The molecule has 0 atom stereocenters. The summed E-state index contributed by atoms with van der Waals surface area (Å²) in [6, 6.07) is 10.5. The molecule has 1 aromatic carbocycles. The number of nitrogens with zero attached hydrogens (tertiary/aromatic N) is 4. The van der Waals surface area contributed by atoms with Crippen LogP contribution in [0.5, 0.6) is 0 Å². The van der Waals surface area contributed by atoms with Crippen LogP contribution < -0.4 is 4.90 Å². The van der Waals surface area contributed by atoms with Crippen molar-refractivity contribution in [3.05, 3.63) is 71.6 Å². The maximum atomic E-state index is 14.0. The van der Waals surface area contributed by atoms with E-state index in [9.17, 15) is 4.39 Å². The quantitative estimate of drug-likeness (QED) is 0.734. The Bertz CT molecular complexity index is 886. The van der Waals surface area contributed by atoms with Crippen molar-refractivity contribution < 1.29 is 4.39 Å². The molecule has 4 nitrogen and oxygen atoms in total. The van der Waals surface area contributed by atoms with Crippen LogP contribution in [-0.4, -0.2) is 23.0 Å². The monoisotopic (exact) mass is 378 g/mol. The second-order valence-corrected chi connectivity index (χ2v) is 8.23. The second kappa shape index (κ2) is 8.02. The highest BCUT2D eigenvalue weighted by molar-refractivity contribution is 5.57. The Hall–Kier alpha value is -2.87. The van der Waals surface area contributed by atoms with Crippen LogP contribution in [0.15, 0.2) is 48.9 Å². The van der Waals surface area contributed by atoms with Crippen molar-refractivity contribution in [2.75, 3.05) is 18.0 Å². The molecule has 0 unspecified atom stereocenters. The van der Waals surface area contributed by atoms with Gasteiger partial charge >= 0.3 is 0 Å². The smallest absolute Gasteiger partial charge is 0.125 e. The SMILES string of the molecule is C=C(N1CCC(C)(C)CC1)N(Cc1ccc(C#N)cn1)c1cc(F)ccc1C. The summed E-state index contributed by atoms with van der Waals surface area (Å²) in [6.45, 7) is 13.2. The molecular weight excluding hydrogens is 351 g/mol. The lowest BCUT2D eigenvalue weighted by molar-refractivity contribution is 0.159. The van der Waals surface area contributed by atoms with Crippen LogP contribution in [0.4, 0.5) is 10.1 Å². The van der Waals surface area contributed by atoms with Gasteiger partial charge in [-0.2, -0.15) is 5.26 Å². The summed E-state index contributed by atoms with van der Waals surface area (Å²) >= 11 is 0. The van der Waals surface area contributed by atoms with Crippen LogP contribution in [-0.2, 0) is 6.54 Å². The molecule has 2 heterocycles. The highest BCUT2D eigenvalue weighted by atomic mass is 19.1. The van der Waals surface area contributed by atoms with Gasteiger partial charge in [-0.25, -0.2) is 4.39 Å². The molecule has 0 bridgehead atoms. The number of nitriles is 1. The first kappa shape index (κ1) is 19.9. The van der Waals surface area contributed by atoms with Crippen molar-refractivity contribution in [1.29, 1.82) is 5.26 Å². The molecule has 1 saturated heterocycles. The van der Waals surface area contributed by atoms with Gasteiger partial charge in [-0.3, -0.25) is 4.98 Å². The molecule has 1 aliphatic rings. The first-order valence-corrected chi connectivity index (χ1v) is 9.62. The van der Waals surface area contributed by atoms with E-state index in [-0.39, 0.29) is 5.82 Å². The van der Waals surface area contributed by atoms with Crippen LogP contribution in [0.2, 0.25) is 0 Å². The maximum absolute atomic E-state index is 14.0. The summed E-state index contributed by atoms with van der Waals surface area (Å²) in [5.41, 5.74) is 3.44. The Balaban J connectivity index is 1.91. The summed E-state index contributed by atoms with van der Waals surface area (Å²) in [5.74, 6) is 0.585. The number of piperidine rings is 1. The Morgan fingerprint density at radius 2 is 2.00 bits per heavy atom. The highest BCUT2D eigenvalue weighted by Gasteiger charge is 2.28. The molecule has 1 aliphatic heterocycles. The zero-order chi connectivity index (χ0) is 20.3. The lowest BCUT2D eigenvalue weighted by Crippen LogP contribution is -2.42. The lowest BCUT2D eigenvalue weighted by atomic mass is 9.83. The van der Waals surface area contributed by atoms with Crippen molar-refractivity contribution in [3.8, 4) is 6.07 Å². The predicted octanol–water partition coefficient (Wildman–Crippen LogP) is 5.00. The van der Waals surface area contributed by atoms with Gasteiger partial charge in [0.25, 0.3) is 0 Å². The van der Waals surface area contributed by atoms with Crippen LogP contribution in [0, 0.1) is 29.5 Å². The summed E-state index contributed by atoms with van der Waals surface area (Å²) in [7, 11) is 0. The van der Waals surface area contributed by atoms with E-state index < -0.39 is 0 Å². The van der Waals surface area contributed by atoms with Gasteiger partial charge in [0.05, 0.1) is 17.8 Å². The van der Waals surface area contributed by atoms with E-state index in [1.165, 1.54) is 6.07 Å². The zero-order valence-corrected chi connectivity index (χ0v) is 16.9. The summed E-state index contributed by atoms with van der Waals surface area (Å²) in [6.07, 6.45) is 3.76. The zero-order valence-electron chi connectivity index (χ0n) is 16.9. The summed E-state index contributed by atoms with van der Waals surface area (Å²) < 4.78 is 14.0. The number of aryl methyl sites for hydroxylation is 1. The maximum Gasteiger partial charge on any atom is 0.125 e.